The summed E-state index contributed by atoms with van der Waals surface area (Å²) in [5, 5.41) is 3.12. The highest BCUT2D eigenvalue weighted by Gasteiger charge is 2.03. The molecule has 0 saturated heterocycles. The lowest BCUT2D eigenvalue weighted by atomic mass is 10.1. The van der Waals surface area contributed by atoms with Crippen molar-refractivity contribution in [3.05, 3.63) is 53.3 Å². The molecule has 2 nitrogen and oxygen atoms in total. The fraction of sp³-hybridized carbons (Fsp3) is 0.143. The van der Waals surface area contributed by atoms with Gasteiger partial charge in [0.15, 0.2) is 0 Å². The van der Waals surface area contributed by atoms with E-state index in [1.54, 1.807) is 12.1 Å². The van der Waals surface area contributed by atoms with E-state index in [1.807, 2.05) is 26.0 Å². The molecule has 0 aromatic heterocycles. The van der Waals surface area contributed by atoms with E-state index in [2.05, 4.69) is 5.32 Å². The standard InChI is InChI=1S/C14H15FN2/c1-9-6-13(16)14(7-10(9)2)17-12-5-3-4-11(15)8-12/h3-8,17H,16H2,1-2H3. The van der Waals surface area contributed by atoms with E-state index in [4.69, 9.17) is 5.73 Å². The number of hydrogen-bond acceptors (Lipinski definition) is 2. The van der Waals surface area contributed by atoms with Gasteiger partial charge in [0.2, 0.25) is 0 Å². The largest absolute Gasteiger partial charge is 0.397 e. The first-order valence-corrected chi connectivity index (χ1v) is 5.45. The normalized spacial score (nSPS) is 10.3. The number of hydrogen-bond donors (Lipinski definition) is 2. The minimum atomic E-state index is -0.266. The van der Waals surface area contributed by atoms with Crippen molar-refractivity contribution < 1.29 is 4.39 Å². The number of nitrogens with two attached hydrogens (primary N) is 1. The van der Waals surface area contributed by atoms with E-state index in [0.717, 1.165) is 16.8 Å². The number of halogens is 1. The number of nitrogen functional groups attached to an aromatic ring is 1. The molecule has 0 fully saturated rings. The molecule has 0 spiro atoms. The number of nitrogens with one attached hydrogen (secondary N) is 1. The molecule has 0 aliphatic carbocycles. The molecule has 88 valence electrons. The average molecular weight is 230 g/mol. The first-order valence-electron chi connectivity index (χ1n) is 5.45. The van der Waals surface area contributed by atoms with E-state index in [1.165, 1.54) is 12.1 Å². The molecular formula is C14H15FN2. The van der Waals surface area contributed by atoms with E-state index in [0.29, 0.717) is 11.4 Å². The highest BCUT2D eigenvalue weighted by Crippen LogP contribution is 2.26. The van der Waals surface area contributed by atoms with E-state index in [9.17, 15) is 4.39 Å². The van der Waals surface area contributed by atoms with Crippen LogP contribution in [-0.2, 0) is 0 Å². The third-order valence-electron chi connectivity index (χ3n) is 2.77. The molecule has 0 amide bonds. The maximum Gasteiger partial charge on any atom is 0.125 e. The van der Waals surface area contributed by atoms with Gasteiger partial charge in [-0.25, -0.2) is 4.39 Å². The van der Waals surface area contributed by atoms with Gasteiger partial charge in [0, 0.05) is 5.69 Å². The summed E-state index contributed by atoms with van der Waals surface area (Å²) in [5.74, 6) is -0.266. The molecule has 0 bridgehead atoms. The Kier molecular flexibility index (Phi) is 3.00. The van der Waals surface area contributed by atoms with Crippen molar-refractivity contribution in [2.75, 3.05) is 11.1 Å². The van der Waals surface area contributed by atoms with Crippen LogP contribution < -0.4 is 11.1 Å². The maximum atomic E-state index is 13.0. The van der Waals surface area contributed by atoms with Gasteiger partial charge in [0.05, 0.1) is 11.4 Å². The van der Waals surface area contributed by atoms with Crippen LogP contribution in [0.25, 0.3) is 0 Å². The van der Waals surface area contributed by atoms with Crippen LogP contribution in [0.2, 0.25) is 0 Å². The smallest absolute Gasteiger partial charge is 0.125 e. The summed E-state index contributed by atoms with van der Waals surface area (Å²) < 4.78 is 13.0. The molecule has 0 unspecified atom stereocenters. The highest BCUT2D eigenvalue weighted by molar-refractivity contribution is 5.74. The summed E-state index contributed by atoms with van der Waals surface area (Å²) in [6.07, 6.45) is 0. The molecule has 2 rings (SSSR count). The van der Waals surface area contributed by atoms with E-state index < -0.39 is 0 Å². The van der Waals surface area contributed by atoms with Gasteiger partial charge < -0.3 is 11.1 Å². The van der Waals surface area contributed by atoms with Gasteiger partial charge in [-0.3, -0.25) is 0 Å². The summed E-state index contributed by atoms with van der Waals surface area (Å²) in [6.45, 7) is 4.03. The second kappa shape index (κ2) is 4.45. The molecule has 2 aromatic rings. The highest BCUT2D eigenvalue weighted by atomic mass is 19.1. The lowest BCUT2D eigenvalue weighted by Gasteiger charge is -2.12. The zero-order chi connectivity index (χ0) is 12.4. The number of benzene rings is 2. The van der Waals surface area contributed by atoms with Gasteiger partial charge in [-0.1, -0.05) is 6.07 Å². The van der Waals surface area contributed by atoms with Crippen LogP contribution >= 0.6 is 0 Å². The van der Waals surface area contributed by atoms with Crippen molar-refractivity contribution in [3.8, 4) is 0 Å². The molecule has 0 atom stereocenters. The molecule has 0 heterocycles. The Morgan fingerprint density at radius 1 is 1.06 bits per heavy atom. The lowest BCUT2D eigenvalue weighted by molar-refractivity contribution is 0.628. The third kappa shape index (κ3) is 2.56. The Hall–Kier alpha value is -2.03. The van der Waals surface area contributed by atoms with Gasteiger partial charge in [0.25, 0.3) is 0 Å². The van der Waals surface area contributed by atoms with Crippen LogP contribution in [0, 0.1) is 19.7 Å². The molecular weight excluding hydrogens is 215 g/mol. The average Bonchev–Trinajstić information content (AvgIpc) is 2.26. The Morgan fingerprint density at radius 2 is 1.76 bits per heavy atom. The number of anilines is 3. The van der Waals surface area contributed by atoms with Crippen molar-refractivity contribution in [2.45, 2.75) is 13.8 Å². The summed E-state index contributed by atoms with van der Waals surface area (Å²) in [6, 6.07) is 10.2. The molecule has 2 aromatic carbocycles. The molecule has 0 aliphatic heterocycles. The van der Waals surface area contributed by atoms with Crippen LogP contribution in [-0.4, -0.2) is 0 Å². The summed E-state index contributed by atoms with van der Waals surface area (Å²) in [5.41, 5.74) is 10.4. The quantitative estimate of drug-likeness (QED) is 0.771. The lowest BCUT2D eigenvalue weighted by Crippen LogP contribution is -1.98. The fourth-order valence-electron chi connectivity index (χ4n) is 1.67. The molecule has 3 heteroatoms. The SMILES string of the molecule is Cc1cc(N)c(Nc2cccc(F)c2)cc1C. The van der Waals surface area contributed by atoms with Crippen molar-refractivity contribution in [1.82, 2.24) is 0 Å². The maximum absolute atomic E-state index is 13.0. The molecule has 17 heavy (non-hydrogen) atoms. The molecule has 0 radical (unpaired) electrons. The molecule has 0 aliphatic rings. The minimum absolute atomic E-state index is 0.266. The summed E-state index contributed by atoms with van der Waals surface area (Å²) >= 11 is 0. The van der Waals surface area contributed by atoms with Gasteiger partial charge in [0.1, 0.15) is 5.82 Å². The molecule has 3 N–H and O–H groups in total. The Labute approximate surface area is 100 Å². The second-order valence-corrected chi connectivity index (χ2v) is 4.16. The number of aryl methyl sites for hydroxylation is 2. The second-order valence-electron chi connectivity index (χ2n) is 4.16. The zero-order valence-corrected chi connectivity index (χ0v) is 9.92. The van der Waals surface area contributed by atoms with Crippen LogP contribution in [0.15, 0.2) is 36.4 Å². The monoisotopic (exact) mass is 230 g/mol. The summed E-state index contributed by atoms with van der Waals surface area (Å²) in [4.78, 5) is 0. The zero-order valence-electron chi connectivity index (χ0n) is 9.92. The van der Waals surface area contributed by atoms with E-state index >= 15 is 0 Å². The first kappa shape index (κ1) is 11.5. The van der Waals surface area contributed by atoms with Crippen molar-refractivity contribution in [2.24, 2.45) is 0 Å². The van der Waals surface area contributed by atoms with Crippen LogP contribution in [0.5, 0.6) is 0 Å². The number of rotatable bonds is 2. The van der Waals surface area contributed by atoms with Crippen LogP contribution in [0.1, 0.15) is 11.1 Å². The van der Waals surface area contributed by atoms with Crippen molar-refractivity contribution in [1.29, 1.82) is 0 Å². The Balaban J connectivity index is 2.33. The van der Waals surface area contributed by atoms with Gasteiger partial charge in [-0.15, -0.1) is 0 Å². The van der Waals surface area contributed by atoms with Crippen molar-refractivity contribution in [3.63, 3.8) is 0 Å². The third-order valence-corrected chi connectivity index (χ3v) is 2.77. The van der Waals surface area contributed by atoms with Crippen LogP contribution in [0.3, 0.4) is 0 Å². The Bertz CT molecular complexity index is 550. The fourth-order valence-corrected chi connectivity index (χ4v) is 1.67. The minimum Gasteiger partial charge on any atom is -0.397 e. The Morgan fingerprint density at radius 3 is 2.47 bits per heavy atom. The van der Waals surface area contributed by atoms with Crippen molar-refractivity contribution >= 4 is 17.1 Å². The van der Waals surface area contributed by atoms with E-state index in [-0.39, 0.29) is 5.82 Å². The van der Waals surface area contributed by atoms with Gasteiger partial charge >= 0.3 is 0 Å². The first-order chi connectivity index (χ1) is 8.06. The van der Waals surface area contributed by atoms with Crippen LogP contribution in [0.4, 0.5) is 21.5 Å². The topological polar surface area (TPSA) is 38.0 Å². The molecule has 0 saturated carbocycles. The predicted octanol–water partition coefficient (Wildman–Crippen LogP) is 3.77. The van der Waals surface area contributed by atoms with Gasteiger partial charge in [-0.2, -0.15) is 0 Å². The summed E-state index contributed by atoms with van der Waals surface area (Å²) in [7, 11) is 0. The van der Waals surface area contributed by atoms with Gasteiger partial charge in [-0.05, 0) is 55.3 Å². The predicted molar refractivity (Wildman–Crippen MR) is 70.0 cm³/mol.